The van der Waals surface area contributed by atoms with Crippen LogP contribution in [-0.2, 0) is 0 Å². The maximum absolute atomic E-state index is 14.2. The van der Waals surface area contributed by atoms with Crippen molar-refractivity contribution in [2.75, 3.05) is 35.2 Å². The lowest BCUT2D eigenvalue weighted by Gasteiger charge is -2.25. The molecule has 10 heteroatoms. The number of benzene rings is 2. The minimum atomic E-state index is -0.974. The average Bonchev–Trinajstić information content (AvgIpc) is 3.35. The Morgan fingerprint density at radius 1 is 1.06 bits per heavy atom. The molecule has 0 aliphatic carbocycles. The third-order valence-corrected chi connectivity index (χ3v) is 5.58. The summed E-state index contributed by atoms with van der Waals surface area (Å²) in [7, 11) is 0. The van der Waals surface area contributed by atoms with Gasteiger partial charge in [-0.2, -0.15) is 9.78 Å². The van der Waals surface area contributed by atoms with Crippen LogP contribution in [0.25, 0.3) is 5.69 Å². The quantitative estimate of drug-likeness (QED) is 0.460. The molecule has 1 amide bonds. The monoisotopic (exact) mass is 466 g/mol. The van der Waals surface area contributed by atoms with Crippen LogP contribution in [0.4, 0.5) is 25.8 Å². The number of para-hydroxylation sites is 1. The Hall–Kier alpha value is -4.08. The fourth-order valence-corrected chi connectivity index (χ4v) is 4.05. The van der Waals surface area contributed by atoms with Crippen LogP contribution < -0.4 is 21.1 Å². The van der Waals surface area contributed by atoms with Crippen LogP contribution in [0.5, 0.6) is 0 Å². The number of hydrogen-bond donors (Lipinski definition) is 3. The predicted octanol–water partition coefficient (Wildman–Crippen LogP) is 3.79. The van der Waals surface area contributed by atoms with E-state index in [0.29, 0.717) is 28.2 Å². The van der Waals surface area contributed by atoms with Crippen molar-refractivity contribution in [3.05, 3.63) is 75.7 Å². The van der Waals surface area contributed by atoms with Crippen molar-refractivity contribution in [1.29, 1.82) is 5.41 Å². The highest BCUT2D eigenvalue weighted by atomic mass is 19.1. The SMILES string of the molecule is CCNc1ccc(NC(=O)c2ccc(=O)n(-c3c(F)cccc3F)n2)c(N2CCCC2)c1C=N. The van der Waals surface area contributed by atoms with E-state index in [1.54, 1.807) is 12.1 Å². The number of carbonyl (C=O) groups excluding carboxylic acids is 1. The summed E-state index contributed by atoms with van der Waals surface area (Å²) in [6.45, 7) is 4.20. The van der Waals surface area contributed by atoms with Gasteiger partial charge in [-0.15, -0.1) is 0 Å². The van der Waals surface area contributed by atoms with Gasteiger partial charge in [0.1, 0.15) is 11.4 Å². The Morgan fingerprint density at radius 2 is 1.74 bits per heavy atom. The maximum Gasteiger partial charge on any atom is 0.276 e. The molecule has 4 rings (SSSR count). The van der Waals surface area contributed by atoms with Crippen molar-refractivity contribution in [2.24, 2.45) is 0 Å². The van der Waals surface area contributed by atoms with Gasteiger partial charge in [-0.05, 0) is 50.1 Å². The van der Waals surface area contributed by atoms with E-state index in [9.17, 15) is 18.4 Å². The Morgan fingerprint density at radius 3 is 2.38 bits per heavy atom. The molecular weight excluding hydrogens is 442 g/mol. The van der Waals surface area contributed by atoms with E-state index in [1.807, 2.05) is 6.92 Å². The number of anilines is 3. The zero-order chi connectivity index (χ0) is 24.2. The molecule has 1 saturated heterocycles. The maximum atomic E-state index is 14.2. The molecule has 0 atom stereocenters. The number of aromatic nitrogens is 2. The Balaban J connectivity index is 1.74. The topological polar surface area (TPSA) is 103 Å². The number of hydrogen-bond acceptors (Lipinski definition) is 6. The highest BCUT2D eigenvalue weighted by Crippen LogP contribution is 2.36. The average molecular weight is 466 g/mol. The highest BCUT2D eigenvalue weighted by Gasteiger charge is 2.23. The van der Waals surface area contributed by atoms with Crippen LogP contribution in [0.1, 0.15) is 35.8 Å². The second-order valence-electron chi connectivity index (χ2n) is 7.78. The summed E-state index contributed by atoms with van der Waals surface area (Å²) in [5.74, 6) is -2.60. The minimum Gasteiger partial charge on any atom is -0.385 e. The first-order valence-electron chi connectivity index (χ1n) is 11.0. The molecule has 0 saturated carbocycles. The predicted molar refractivity (Wildman–Crippen MR) is 128 cm³/mol. The third kappa shape index (κ3) is 4.39. The molecule has 1 aliphatic heterocycles. The zero-order valence-corrected chi connectivity index (χ0v) is 18.6. The molecule has 0 unspecified atom stereocenters. The number of halogens is 2. The van der Waals surface area contributed by atoms with E-state index in [4.69, 9.17) is 5.41 Å². The number of nitrogens with one attached hydrogen (secondary N) is 3. The van der Waals surface area contributed by atoms with E-state index in [0.717, 1.165) is 49.8 Å². The van der Waals surface area contributed by atoms with E-state index in [1.165, 1.54) is 18.3 Å². The molecule has 34 heavy (non-hydrogen) atoms. The summed E-state index contributed by atoms with van der Waals surface area (Å²) in [5, 5.41) is 17.9. The van der Waals surface area contributed by atoms with Crippen LogP contribution >= 0.6 is 0 Å². The van der Waals surface area contributed by atoms with Gasteiger partial charge in [-0.1, -0.05) is 6.07 Å². The minimum absolute atomic E-state index is 0.193. The van der Waals surface area contributed by atoms with E-state index in [2.05, 4.69) is 20.6 Å². The molecule has 1 aliphatic rings. The van der Waals surface area contributed by atoms with Gasteiger partial charge in [0, 0.05) is 43.2 Å². The molecule has 3 N–H and O–H groups in total. The molecule has 0 bridgehead atoms. The lowest BCUT2D eigenvalue weighted by Crippen LogP contribution is -2.27. The molecule has 2 heterocycles. The molecule has 2 aromatic carbocycles. The van der Waals surface area contributed by atoms with Crippen molar-refractivity contribution in [3.8, 4) is 5.69 Å². The fourth-order valence-electron chi connectivity index (χ4n) is 4.05. The lowest BCUT2D eigenvalue weighted by atomic mass is 10.1. The van der Waals surface area contributed by atoms with Crippen LogP contribution in [0, 0.1) is 17.0 Å². The molecule has 8 nitrogen and oxygen atoms in total. The molecule has 0 spiro atoms. The summed E-state index contributed by atoms with van der Waals surface area (Å²) in [6.07, 6.45) is 3.24. The Kier molecular flexibility index (Phi) is 6.67. The van der Waals surface area contributed by atoms with Gasteiger partial charge in [-0.3, -0.25) is 9.59 Å². The smallest absolute Gasteiger partial charge is 0.276 e. The van der Waals surface area contributed by atoms with Gasteiger partial charge < -0.3 is 20.9 Å². The summed E-state index contributed by atoms with van der Waals surface area (Å²) in [5.41, 5.74) is 0.991. The highest BCUT2D eigenvalue weighted by molar-refractivity contribution is 6.08. The molecule has 1 fully saturated rings. The third-order valence-electron chi connectivity index (χ3n) is 5.58. The van der Waals surface area contributed by atoms with E-state index >= 15 is 0 Å². The summed E-state index contributed by atoms with van der Waals surface area (Å²) >= 11 is 0. The molecule has 1 aromatic heterocycles. The second kappa shape index (κ2) is 9.82. The van der Waals surface area contributed by atoms with Gasteiger partial charge in [-0.25, -0.2) is 8.78 Å². The van der Waals surface area contributed by atoms with Gasteiger partial charge in [0.05, 0.1) is 11.4 Å². The summed E-state index contributed by atoms with van der Waals surface area (Å²) in [4.78, 5) is 27.5. The van der Waals surface area contributed by atoms with Crippen LogP contribution in [-0.4, -0.2) is 41.5 Å². The van der Waals surface area contributed by atoms with Crippen LogP contribution in [0.3, 0.4) is 0 Å². The number of amides is 1. The first-order valence-corrected chi connectivity index (χ1v) is 11.0. The molecular formula is C24H24F2N6O2. The molecule has 176 valence electrons. The second-order valence-corrected chi connectivity index (χ2v) is 7.78. The first-order chi connectivity index (χ1) is 16.4. The Bertz CT molecular complexity index is 1280. The van der Waals surface area contributed by atoms with Crippen molar-refractivity contribution in [2.45, 2.75) is 19.8 Å². The van der Waals surface area contributed by atoms with Crippen molar-refractivity contribution in [1.82, 2.24) is 9.78 Å². The van der Waals surface area contributed by atoms with E-state index < -0.39 is 28.8 Å². The van der Waals surface area contributed by atoms with Crippen LogP contribution in [0.2, 0.25) is 0 Å². The first kappa shape index (κ1) is 23.1. The van der Waals surface area contributed by atoms with Crippen molar-refractivity contribution >= 4 is 29.2 Å². The number of nitrogens with zero attached hydrogens (tertiary/aromatic N) is 3. The lowest BCUT2D eigenvalue weighted by molar-refractivity contribution is 0.102. The summed E-state index contributed by atoms with van der Waals surface area (Å²) in [6, 6.07) is 8.94. The van der Waals surface area contributed by atoms with E-state index in [-0.39, 0.29) is 5.69 Å². The largest absolute Gasteiger partial charge is 0.385 e. The molecule has 3 aromatic rings. The standard InChI is InChI=1S/C24H24F2N6O2/c1-2-28-18-8-9-19(22(15(18)14-27)31-12-3-4-13-31)29-24(34)20-10-11-21(33)32(30-20)23-16(25)6-5-7-17(23)26/h5-11,14,27-28H,2-4,12-13H2,1H3,(H,29,34). The zero-order valence-electron chi connectivity index (χ0n) is 18.6. The van der Waals surface area contributed by atoms with Gasteiger partial charge in [0.25, 0.3) is 11.5 Å². The van der Waals surface area contributed by atoms with Gasteiger partial charge >= 0.3 is 0 Å². The fraction of sp³-hybridized carbons (Fsp3) is 0.250. The number of carbonyl (C=O) groups is 1. The van der Waals surface area contributed by atoms with Crippen molar-refractivity contribution in [3.63, 3.8) is 0 Å². The van der Waals surface area contributed by atoms with Gasteiger partial charge in [0.2, 0.25) is 0 Å². The summed E-state index contributed by atoms with van der Waals surface area (Å²) < 4.78 is 29.0. The Labute approximate surface area is 194 Å². The van der Waals surface area contributed by atoms with Crippen LogP contribution in [0.15, 0.2) is 47.3 Å². The number of rotatable bonds is 7. The molecule has 0 radical (unpaired) electrons. The van der Waals surface area contributed by atoms with Crippen molar-refractivity contribution < 1.29 is 13.6 Å². The van der Waals surface area contributed by atoms with Gasteiger partial charge in [0.15, 0.2) is 11.6 Å². The normalized spacial score (nSPS) is 13.1.